The van der Waals surface area contributed by atoms with Crippen LogP contribution in [0.4, 0.5) is 0 Å². The molecule has 0 aliphatic heterocycles. The Morgan fingerprint density at radius 3 is 2.59 bits per heavy atom. The molecule has 1 saturated carbocycles. The second kappa shape index (κ2) is 11.6. The number of benzene rings is 2. The topological polar surface area (TPSA) is 89.3 Å². The predicted molar refractivity (Wildman–Crippen MR) is 143 cm³/mol. The molecule has 2 heterocycles. The molecule has 1 N–H and O–H groups in total. The number of thiophene rings is 1. The van der Waals surface area contributed by atoms with Crippen molar-refractivity contribution in [2.24, 2.45) is 0 Å². The van der Waals surface area contributed by atoms with Gasteiger partial charge in [0.2, 0.25) is 11.8 Å². The van der Waals surface area contributed by atoms with Crippen molar-refractivity contribution in [3.05, 3.63) is 76.5 Å². The molecule has 1 aliphatic carbocycles. The monoisotopic (exact) mass is 517 g/mol. The van der Waals surface area contributed by atoms with Crippen molar-refractivity contribution < 1.29 is 14.3 Å². The Bertz CT molecular complexity index is 1330. The molecule has 0 radical (unpaired) electrons. The molecule has 8 nitrogen and oxygen atoms in total. The summed E-state index contributed by atoms with van der Waals surface area (Å²) >= 11 is 1.48. The van der Waals surface area contributed by atoms with Gasteiger partial charge in [-0.2, -0.15) is 0 Å². The first kappa shape index (κ1) is 25.0. The predicted octanol–water partition coefficient (Wildman–Crippen LogP) is 4.72. The van der Waals surface area contributed by atoms with Crippen LogP contribution in [0, 0.1) is 0 Å². The molecule has 9 heteroatoms. The van der Waals surface area contributed by atoms with Crippen molar-refractivity contribution in [2.75, 3.05) is 7.11 Å². The largest absolute Gasteiger partial charge is 0.497 e. The van der Waals surface area contributed by atoms with Gasteiger partial charge >= 0.3 is 0 Å². The standard InChI is InChI=1S/C28H31N5O3S/c1-36-22-15-13-20(14-16-22)18-32(26(34)19-33-24-11-6-5-10-23(24)30-31-33)27(25-12-7-17-37-25)28(35)29-21-8-3-2-4-9-21/h5-7,10-17,21,27H,2-4,8-9,18-19H2,1H3,(H,29,35)/t27-/m0/s1. The van der Waals surface area contributed by atoms with Crippen LogP contribution in [0.3, 0.4) is 0 Å². The van der Waals surface area contributed by atoms with E-state index in [1.807, 2.05) is 66.0 Å². The zero-order valence-corrected chi connectivity index (χ0v) is 21.7. The van der Waals surface area contributed by atoms with Gasteiger partial charge in [0.05, 0.1) is 12.6 Å². The van der Waals surface area contributed by atoms with Gasteiger partial charge in [0.15, 0.2) is 0 Å². The van der Waals surface area contributed by atoms with E-state index in [9.17, 15) is 9.59 Å². The van der Waals surface area contributed by atoms with Crippen LogP contribution in [0.1, 0.15) is 48.6 Å². The highest BCUT2D eigenvalue weighted by Gasteiger charge is 2.34. The molecule has 0 saturated heterocycles. The molecule has 2 aromatic heterocycles. The van der Waals surface area contributed by atoms with Gasteiger partial charge in [0.1, 0.15) is 23.9 Å². The van der Waals surface area contributed by atoms with Crippen molar-refractivity contribution in [3.8, 4) is 5.75 Å². The summed E-state index contributed by atoms with van der Waals surface area (Å²) in [6, 6.07) is 18.4. The molecule has 5 rings (SSSR count). The maximum atomic E-state index is 14.0. The molecule has 37 heavy (non-hydrogen) atoms. The number of para-hydroxylation sites is 1. The number of methoxy groups -OCH3 is 1. The fourth-order valence-corrected chi connectivity index (χ4v) is 5.74. The lowest BCUT2D eigenvalue weighted by Gasteiger charge is -2.33. The van der Waals surface area contributed by atoms with E-state index in [0.29, 0.717) is 0 Å². The fraction of sp³-hybridized carbons (Fsp3) is 0.357. The number of hydrogen-bond donors (Lipinski definition) is 1. The molecule has 1 fully saturated rings. The minimum atomic E-state index is -0.744. The van der Waals surface area contributed by atoms with E-state index >= 15 is 0 Å². The Balaban J connectivity index is 1.47. The molecule has 0 unspecified atom stereocenters. The minimum absolute atomic E-state index is 0.0186. The molecule has 4 aromatic rings. The quantitative estimate of drug-likeness (QED) is 0.347. The molecule has 1 aliphatic rings. The first-order valence-corrected chi connectivity index (χ1v) is 13.5. The van der Waals surface area contributed by atoms with Crippen LogP contribution in [0.25, 0.3) is 11.0 Å². The lowest BCUT2D eigenvalue weighted by molar-refractivity contribution is -0.142. The molecule has 2 amide bonds. The van der Waals surface area contributed by atoms with Crippen molar-refractivity contribution in [3.63, 3.8) is 0 Å². The summed E-state index contributed by atoms with van der Waals surface area (Å²) in [5.41, 5.74) is 2.41. The van der Waals surface area contributed by atoms with E-state index in [4.69, 9.17) is 4.74 Å². The molecule has 192 valence electrons. The Morgan fingerprint density at radius 1 is 1.08 bits per heavy atom. The van der Waals surface area contributed by atoms with Gasteiger partial charge in [0.25, 0.3) is 0 Å². The Hall–Kier alpha value is -3.72. The normalized spacial score (nSPS) is 14.8. The zero-order valence-electron chi connectivity index (χ0n) is 20.9. The maximum Gasteiger partial charge on any atom is 0.248 e. The summed E-state index contributed by atoms with van der Waals surface area (Å²) < 4.78 is 6.90. The van der Waals surface area contributed by atoms with Crippen LogP contribution in [-0.4, -0.2) is 44.9 Å². The van der Waals surface area contributed by atoms with Crippen molar-refractivity contribution in [2.45, 2.75) is 57.3 Å². The number of nitrogens with one attached hydrogen (secondary N) is 1. The highest BCUT2D eigenvalue weighted by atomic mass is 32.1. The summed E-state index contributed by atoms with van der Waals surface area (Å²) in [6.45, 7) is 0.255. The van der Waals surface area contributed by atoms with Gasteiger partial charge in [-0.3, -0.25) is 9.59 Å². The summed E-state index contributed by atoms with van der Waals surface area (Å²) in [4.78, 5) is 30.3. The fourth-order valence-electron chi connectivity index (χ4n) is 4.90. The van der Waals surface area contributed by atoms with Crippen molar-refractivity contribution in [1.82, 2.24) is 25.2 Å². The maximum absolute atomic E-state index is 14.0. The Morgan fingerprint density at radius 2 is 1.86 bits per heavy atom. The number of amides is 2. The van der Waals surface area contributed by atoms with E-state index in [2.05, 4.69) is 15.6 Å². The Kier molecular flexibility index (Phi) is 7.79. The van der Waals surface area contributed by atoms with Crippen LogP contribution >= 0.6 is 11.3 Å². The number of fused-ring (bicyclic) bond motifs is 1. The molecule has 0 bridgehead atoms. The van der Waals surface area contributed by atoms with Crippen LogP contribution in [-0.2, 0) is 22.7 Å². The lowest BCUT2D eigenvalue weighted by Crippen LogP contribution is -2.47. The van der Waals surface area contributed by atoms with E-state index in [-0.39, 0.29) is 30.9 Å². The average Bonchev–Trinajstić information content (AvgIpc) is 3.60. The second-order valence-corrected chi connectivity index (χ2v) is 10.3. The van der Waals surface area contributed by atoms with E-state index in [1.54, 1.807) is 16.7 Å². The Labute approximate surface area is 220 Å². The highest BCUT2D eigenvalue weighted by Crippen LogP contribution is 2.29. The molecule has 1 atom stereocenters. The third kappa shape index (κ3) is 5.83. The minimum Gasteiger partial charge on any atom is -0.497 e. The van der Waals surface area contributed by atoms with Crippen LogP contribution < -0.4 is 10.1 Å². The number of nitrogens with zero attached hydrogens (tertiary/aromatic N) is 4. The number of hydrogen-bond acceptors (Lipinski definition) is 6. The van der Waals surface area contributed by atoms with Gasteiger partial charge in [0, 0.05) is 17.5 Å². The number of rotatable bonds is 9. The summed E-state index contributed by atoms with van der Waals surface area (Å²) in [5, 5.41) is 13.6. The van der Waals surface area contributed by atoms with Gasteiger partial charge in [-0.1, -0.05) is 54.8 Å². The number of ether oxygens (including phenoxy) is 1. The molecule has 0 spiro atoms. The van der Waals surface area contributed by atoms with Crippen LogP contribution in [0.5, 0.6) is 5.75 Å². The third-order valence-electron chi connectivity index (χ3n) is 6.86. The smallest absolute Gasteiger partial charge is 0.248 e. The van der Waals surface area contributed by atoms with E-state index < -0.39 is 6.04 Å². The summed E-state index contributed by atoms with van der Waals surface area (Å²) in [5.74, 6) is 0.392. The molecular formula is C28H31N5O3S. The summed E-state index contributed by atoms with van der Waals surface area (Å²) in [7, 11) is 1.62. The number of aromatic nitrogens is 3. The summed E-state index contributed by atoms with van der Waals surface area (Å²) in [6.07, 6.45) is 5.38. The first-order chi connectivity index (χ1) is 18.1. The average molecular weight is 518 g/mol. The van der Waals surface area contributed by atoms with Crippen LogP contribution in [0.2, 0.25) is 0 Å². The van der Waals surface area contributed by atoms with Crippen molar-refractivity contribution >= 4 is 34.2 Å². The van der Waals surface area contributed by atoms with Crippen LogP contribution in [0.15, 0.2) is 66.0 Å². The van der Waals surface area contributed by atoms with Gasteiger partial charge < -0.3 is 15.0 Å². The second-order valence-electron chi connectivity index (χ2n) is 9.37. The first-order valence-electron chi connectivity index (χ1n) is 12.7. The van der Waals surface area contributed by atoms with Crippen molar-refractivity contribution in [1.29, 1.82) is 0 Å². The van der Waals surface area contributed by atoms with Gasteiger partial charge in [-0.25, -0.2) is 4.68 Å². The molecule has 2 aromatic carbocycles. The molecular weight excluding hydrogens is 486 g/mol. The highest BCUT2D eigenvalue weighted by molar-refractivity contribution is 7.10. The van der Waals surface area contributed by atoms with E-state index in [1.165, 1.54) is 17.8 Å². The van der Waals surface area contributed by atoms with E-state index in [0.717, 1.165) is 52.9 Å². The van der Waals surface area contributed by atoms with Gasteiger partial charge in [-0.05, 0) is 54.1 Å². The van der Waals surface area contributed by atoms with Gasteiger partial charge in [-0.15, -0.1) is 16.4 Å². The zero-order chi connectivity index (χ0) is 25.6. The number of carbonyl (C=O) groups is 2. The SMILES string of the molecule is COc1ccc(CN(C(=O)Cn2nnc3ccccc32)[C@H](C(=O)NC2CCCCC2)c2cccs2)cc1. The number of carbonyl (C=O) groups excluding carboxylic acids is 2. The third-order valence-corrected chi connectivity index (χ3v) is 7.79. The lowest BCUT2D eigenvalue weighted by atomic mass is 9.95.